The lowest BCUT2D eigenvalue weighted by Crippen LogP contribution is -1.93. The van der Waals surface area contributed by atoms with Gasteiger partial charge in [0.25, 0.3) is 0 Å². The van der Waals surface area contributed by atoms with E-state index in [4.69, 9.17) is 20.0 Å². The number of aryl methyl sites for hydroxylation is 2. The number of allylic oxidation sites excluding steroid dienone is 4. The van der Waals surface area contributed by atoms with Crippen LogP contribution in [0.15, 0.2) is 252 Å². The number of aliphatic imine (C=N–C) groups is 2. The highest BCUT2D eigenvalue weighted by molar-refractivity contribution is 7.24. The van der Waals surface area contributed by atoms with Gasteiger partial charge in [-0.2, -0.15) is 0 Å². The molecule has 9 heterocycles. The molecule has 7 nitrogen and oxygen atoms in total. The third kappa shape index (κ3) is 11.0. The SMILES string of the molecule is CC1=N/C(=C(\c2ccc(C#Cc3ccc(-c4c5nc(c(-c6ccccc6)c6ccc(s6)c(-c6ccccc6)c6nc(c(-c7ccc(C#Cc8ccc(/C(=C9/C=CC(C)=N9)c9ccc(C)[nH]9)cc8)cc7)c7ccc4[nH]7)C=C6)C=C5)cc3)cc2)c2ccc(C)[nH]2)C=C1. The molecule has 0 amide bonds. The number of H-pyrrole nitrogens is 3. The molecule has 0 fully saturated rings. The summed E-state index contributed by atoms with van der Waals surface area (Å²) in [6.07, 6.45) is 16.9. The van der Waals surface area contributed by atoms with Crippen LogP contribution in [0, 0.1) is 37.5 Å². The first-order valence-electron chi connectivity index (χ1n) is 30.1. The van der Waals surface area contributed by atoms with Gasteiger partial charge in [-0.25, -0.2) is 9.97 Å². The van der Waals surface area contributed by atoms with E-state index in [1.807, 2.05) is 13.8 Å². The zero-order valence-electron chi connectivity index (χ0n) is 49.9. The van der Waals surface area contributed by atoms with E-state index >= 15 is 0 Å². The number of aromatic amines is 3. The lowest BCUT2D eigenvalue weighted by molar-refractivity contribution is 1.23. The fourth-order valence-electron chi connectivity index (χ4n) is 12.1. The lowest BCUT2D eigenvalue weighted by atomic mass is 9.99. The van der Waals surface area contributed by atoms with E-state index in [0.717, 1.165) is 178 Å². The number of hydrogen-bond acceptors (Lipinski definition) is 5. The predicted molar refractivity (Wildman–Crippen MR) is 377 cm³/mol. The summed E-state index contributed by atoms with van der Waals surface area (Å²) in [7, 11) is 0. The van der Waals surface area contributed by atoms with Crippen molar-refractivity contribution < 1.29 is 0 Å². The number of benzene rings is 6. The molecular weight excluding hydrogens is 1120 g/mol. The summed E-state index contributed by atoms with van der Waals surface area (Å²) in [4.78, 5) is 31.8. The summed E-state index contributed by atoms with van der Waals surface area (Å²) in [5, 5.41) is 0. The van der Waals surface area contributed by atoms with Crippen LogP contribution < -0.4 is 0 Å². The average molecular weight is 1170 g/mol. The Labute approximate surface area is 527 Å². The second kappa shape index (κ2) is 23.5. The fourth-order valence-corrected chi connectivity index (χ4v) is 13.2. The summed E-state index contributed by atoms with van der Waals surface area (Å²) in [5.74, 6) is 13.8. The minimum absolute atomic E-state index is 0.847. The first-order chi connectivity index (χ1) is 44.2. The molecule has 15 rings (SSSR count). The van der Waals surface area contributed by atoms with E-state index < -0.39 is 0 Å². The Kier molecular flexibility index (Phi) is 14.4. The Morgan fingerprint density at radius 3 is 1.02 bits per heavy atom. The Morgan fingerprint density at radius 1 is 0.322 bits per heavy atom. The molecule has 0 atom stereocenters. The maximum Gasteiger partial charge on any atom is 0.0737 e. The highest BCUT2D eigenvalue weighted by atomic mass is 32.1. The van der Waals surface area contributed by atoms with Crippen LogP contribution in [-0.2, 0) is 0 Å². The molecule has 0 saturated carbocycles. The minimum atomic E-state index is 0.847. The number of aromatic nitrogens is 5. The van der Waals surface area contributed by atoms with Gasteiger partial charge in [0.05, 0.1) is 34.2 Å². The molecule has 11 aromatic rings. The molecule has 0 spiro atoms. The second-order valence-corrected chi connectivity index (χ2v) is 23.8. The maximum atomic E-state index is 5.57. The summed E-state index contributed by atoms with van der Waals surface area (Å²) < 4.78 is 2.23. The molecule has 8 bridgehead atoms. The molecule has 0 radical (unpaired) electrons. The molecule has 4 aliphatic heterocycles. The average Bonchev–Trinajstić information content (AvgIpc) is 1.78. The summed E-state index contributed by atoms with van der Waals surface area (Å²) in [6.45, 7) is 8.19. The van der Waals surface area contributed by atoms with Crippen LogP contribution in [-0.4, -0.2) is 36.3 Å². The van der Waals surface area contributed by atoms with Crippen molar-refractivity contribution in [3.05, 3.63) is 321 Å². The van der Waals surface area contributed by atoms with Crippen molar-refractivity contribution in [1.82, 2.24) is 24.9 Å². The zero-order valence-corrected chi connectivity index (χ0v) is 50.8. The number of nitrogens with zero attached hydrogens (tertiary/aromatic N) is 4. The topological polar surface area (TPSA) is 97.9 Å². The van der Waals surface area contributed by atoms with Crippen molar-refractivity contribution in [2.45, 2.75) is 27.7 Å². The largest absolute Gasteiger partial charge is 0.359 e. The van der Waals surface area contributed by atoms with Crippen LogP contribution >= 0.6 is 11.3 Å². The number of rotatable bonds is 8. The Bertz CT molecular complexity index is 4950. The van der Waals surface area contributed by atoms with Gasteiger partial charge in [-0.3, -0.25) is 9.98 Å². The van der Waals surface area contributed by atoms with Gasteiger partial charge in [-0.1, -0.05) is 133 Å². The van der Waals surface area contributed by atoms with Gasteiger partial charge in [0.2, 0.25) is 0 Å². The van der Waals surface area contributed by atoms with Crippen LogP contribution in [0.3, 0.4) is 0 Å². The van der Waals surface area contributed by atoms with Crippen LogP contribution in [0.25, 0.3) is 100 Å². The van der Waals surface area contributed by atoms with Crippen molar-refractivity contribution in [2.24, 2.45) is 9.98 Å². The molecule has 0 saturated heterocycles. The van der Waals surface area contributed by atoms with E-state index in [-0.39, 0.29) is 0 Å². The summed E-state index contributed by atoms with van der Waals surface area (Å²) in [5.41, 5.74) is 29.6. The number of fused-ring (bicyclic) bond motifs is 8. The standard InChI is InChI=1S/C82H57N7S/c1-51-15-39-65(83-51)77(66-40-16-52(2)84-66)61-31-23-55(24-32-61)19-21-57-27-35-63(36-28-57)79-69-43-44-70(87-69)80(64-37-29-58(30-38-64)22-20-56-25-33-62(34-26-56)78(67-41-17-53(3)85-67)68-42-18-54(4)86-68)72-46-48-74(89-72)82(60-13-9-6-10-14-60)76-50-49-75(90-76)81(59-11-7-5-8-12-59)73-47-45-71(79)88-73/h5-18,23-50,83,85,87H,1-4H3/b77-66+,78-68+,79-69?,79-71?,80-70?,80-72?,81-73?,81-75?,82-74?,82-76?. The molecule has 426 valence electrons. The lowest BCUT2D eigenvalue weighted by Gasteiger charge is -2.09. The van der Waals surface area contributed by atoms with Gasteiger partial charge >= 0.3 is 0 Å². The normalized spacial score (nSPS) is 14.0. The smallest absolute Gasteiger partial charge is 0.0737 e. The highest BCUT2D eigenvalue weighted by Gasteiger charge is 2.21. The third-order valence-electron chi connectivity index (χ3n) is 16.4. The van der Waals surface area contributed by atoms with E-state index in [2.05, 4.69) is 307 Å². The Hall–Kier alpha value is -11.7. The minimum Gasteiger partial charge on any atom is -0.359 e. The monoisotopic (exact) mass is 1170 g/mol. The predicted octanol–water partition coefficient (Wildman–Crippen LogP) is 19.7. The van der Waals surface area contributed by atoms with Crippen molar-refractivity contribution in [3.63, 3.8) is 0 Å². The van der Waals surface area contributed by atoms with Gasteiger partial charge in [0.15, 0.2) is 0 Å². The number of nitrogens with one attached hydrogen (secondary N) is 3. The number of hydrogen-bond donors (Lipinski definition) is 3. The van der Waals surface area contributed by atoms with Crippen LogP contribution in [0.4, 0.5) is 0 Å². The van der Waals surface area contributed by atoms with Crippen LogP contribution in [0.2, 0.25) is 0 Å². The van der Waals surface area contributed by atoms with Gasteiger partial charge < -0.3 is 15.0 Å². The van der Waals surface area contributed by atoms with Gasteiger partial charge in [0, 0.05) is 110 Å². The maximum absolute atomic E-state index is 5.57. The van der Waals surface area contributed by atoms with Gasteiger partial charge in [-0.15, -0.1) is 11.3 Å². The number of thiophene rings is 1. The van der Waals surface area contributed by atoms with Crippen molar-refractivity contribution in [1.29, 1.82) is 0 Å². The summed E-state index contributed by atoms with van der Waals surface area (Å²) in [6, 6.07) is 72.4. The molecule has 90 heavy (non-hydrogen) atoms. The molecular formula is C82H57N7S. The molecule has 4 aliphatic rings. The van der Waals surface area contributed by atoms with Crippen molar-refractivity contribution in [3.8, 4) is 68.2 Å². The molecule has 8 heteroatoms. The second-order valence-electron chi connectivity index (χ2n) is 22.7. The first kappa shape index (κ1) is 54.9. The molecule has 0 unspecified atom stereocenters. The fraction of sp³-hybridized carbons (Fsp3) is 0.0488. The van der Waals surface area contributed by atoms with Crippen molar-refractivity contribution >= 4 is 78.6 Å². The van der Waals surface area contributed by atoms with E-state index in [9.17, 15) is 0 Å². The van der Waals surface area contributed by atoms with Crippen LogP contribution in [0.5, 0.6) is 0 Å². The van der Waals surface area contributed by atoms with Gasteiger partial charge in [-0.05, 0) is 207 Å². The highest BCUT2D eigenvalue weighted by Crippen LogP contribution is 2.42. The Morgan fingerprint density at radius 2 is 0.678 bits per heavy atom. The van der Waals surface area contributed by atoms with E-state index in [1.54, 1.807) is 11.3 Å². The van der Waals surface area contributed by atoms with Gasteiger partial charge in [0.1, 0.15) is 0 Å². The quantitative estimate of drug-likeness (QED) is 0.132. The van der Waals surface area contributed by atoms with Crippen molar-refractivity contribution in [2.75, 3.05) is 0 Å². The van der Waals surface area contributed by atoms with Crippen LogP contribution in [0.1, 0.15) is 92.8 Å². The Balaban J connectivity index is 0.837. The molecule has 3 N–H and O–H groups in total. The molecule has 6 aromatic carbocycles. The zero-order chi connectivity index (χ0) is 60.7. The first-order valence-corrected chi connectivity index (χ1v) is 30.9. The van der Waals surface area contributed by atoms with E-state index in [0.29, 0.717) is 0 Å². The molecule has 5 aromatic heterocycles. The summed E-state index contributed by atoms with van der Waals surface area (Å²) >= 11 is 1.76. The third-order valence-corrected chi connectivity index (χ3v) is 17.5. The van der Waals surface area contributed by atoms with E-state index in [1.165, 1.54) is 0 Å². The molecule has 0 aliphatic carbocycles.